The molecule has 0 unspecified atom stereocenters. The highest BCUT2D eigenvalue weighted by Gasteiger charge is 2.19. The summed E-state index contributed by atoms with van der Waals surface area (Å²) < 4.78 is 0. The molecular weight excluding hydrogens is 559 g/mol. The number of rotatable bonds is 6. The smallest absolute Gasteiger partial charge is 0.278 e. The van der Waals surface area contributed by atoms with Crippen molar-refractivity contribution in [3.05, 3.63) is 70.7 Å². The van der Waals surface area contributed by atoms with Crippen LogP contribution in [-0.4, -0.2) is 69.9 Å². The molecule has 0 saturated heterocycles. The Morgan fingerprint density at radius 1 is 0.700 bits per heavy atom. The van der Waals surface area contributed by atoms with Crippen LogP contribution in [0.4, 0.5) is 34.6 Å². The third kappa shape index (κ3) is 7.61. The first-order valence-electron chi connectivity index (χ1n) is 11.4. The molecule has 0 spiro atoms. The van der Waals surface area contributed by atoms with E-state index in [1.807, 2.05) is 0 Å². The van der Waals surface area contributed by atoms with Gasteiger partial charge in [-0.25, -0.2) is 19.9 Å². The molecule has 2 amide bonds. The van der Waals surface area contributed by atoms with Crippen molar-refractivity contribution in [3.8, 4) is 0 Å². The molecule has 0 atom stereocenters. The molecule has 0 aliphatic carbocycles. The fourth-order valence-electron chi connectivity index (χ4n) is 2.99. The van der Waals surface area contributed by atoms with Crippen LogP contribution < -0.4 is 31.9 Å². The lowest BCUT2D eigenvalue weighted by molar-refractivity contribution is 0.101. The van der Waals surface area contributed by atoms with Crippen LogP contribution in [0, 0.1) is 0 Å². The summed E-state index contributed by atoms with van der Waals surface area (Å²) in [5, 5.41) is 5.46. The lowest BCUT2D eigenvalue weighted by Gasteiger charge is -2.14. The number of hydrogen-bond acceptors (Lipinski definition) is 12. The van der Waals surface area contributed by atoms with Crippen LogP contribution in [-0.2, 0) is 0 Å². The number of aromatic nitrogens is 6. The number of pyridine rings is 2. The fraction of sp³-hybridized carbons (Fsp3) is 0.167. The van der Waals surface area contributed by atoms with Crippen molar-refractivity contribution in [2.45, 2.75) is 0 Å². The van der Waals surface area contributed by atoms with Gasteiger partial charge in [0.2, 0.25) is 0 Å². The molecule has 0 fully saturated rings. The first kappa shape index (κ1) is 29.7. The van der Waals surface area contributed by atoms with E-state index in [1.165, 1.54) is 12.4 Å². The van der Waals surface area contributed by atoms with Gasteiger partial charge in [-0.3, -0.25) is 19.6 Å². The lowest BCUT2D eigenvalue weighted by atomic mass is 10.3. The molecule has 0 aromatic carbocycles. The molecule has 6 N–H and O–H groups in total. The molecule has 0 bridgehead atoms. The maximum atomic E-state index is 12.1. The van der Waals surface area contributed by atoms with Crippen LogP contribution in [0.3, 0.4) is 0 Å². The van der Waals surface area contributed by atoms with Gasteiger partial charge in [-0.15, -0.1) is 0 Å². The van der Waals surface area contributed by atoms with Crippen LogP contribution in [0.15, 0.2) is 49.1 Å². The number of amides is 2. The van der Waals surface area contributed by atoms with Crippen LogP contribution in [0.1, 0.15) is 21.0 Å². The SMILES string of the molecule is CN(C)c1nc(N)c(C(=O)Nc2cccnc2)nc1Cl.CN(C)c1nc(N)c(C(=O)Nc2cccnc2)nc1Cl. The fourth-order valence-corrected chi connectivity index (χ4v) is 3.59. The molecule has 0 aliphatic heterocycles. The highest BCUT2D eigenvalue weighted by atomic mass is 35.5. The number of nitrogens with two attached hydrogens (primary N) is 2. The number of hydrogen-bond donors (Lipinski definition) is 4. The van der Waals surface area contributed by atoms with Gasteiger partial charge in [-0.2, -0.15) is 0 Å². The molecule has 4 aromatic heterocycles. The van der Waals surface area contributed by atoms with Crippen molar-refractivity contribution in [1.29, 1.82) is 0 Å². The van der Waals surface area contributed by atoms with E-state index in [9.17, 15) is 9.59 Å². The minimum Gasteiger partial charge on any atom is -0.382 e. The Labute approximate surface area is 239 Å². The van der Waals surface area contributed by atoms with E-state index in [0.29, 0.717) is 23.0 Å². The first-order valence-corrected chi connectivity index (χ1v) is 12.2. The molecule has 4 heterocycles. The summed E-state index contributed by atoms with van der Waals surface area (Å²) >= 11 is 12.0. The number of nitrogens with zero attached hydrogens (tertiary/aromatic N) is 8. The second-order valence-corrected chi connectivity index (χ2v) is 9.04. The predicted octanol–water partition coefficient (Wildman–Crippen LogP) is 2.85. The summed E-state index contributed by atoms with van der Waals surface area (Å²) in [6.45, 7) is 0. The van der Waals surface area contributed by atoms with Gasteiger partial charge in [0.1, 0.15) is 0 Å². The summed E-state index contributed by atoms with van der Waals surface area (Å²) in [5.74, 6) is -0.145. The Bertz CT molecular complexity index is 1380. The number of nitrogen functional groups attached to an aromatic ring is 2. The van der Waals surface area contributed by atoms with Crippen LogP contribution >= 0.6 is 23.2 Å². The number of carbonyl (C=O) groups excluding carboxylic acids is 2. The first-order chi connectivity index (χ1) is 19.0. The van der Waals surface area contributed by atoms with Crippen LogP contribution in [0.5, 0.6) is 0 Å². The van der Waals surface area contributed by atoms with Crippen molar-refractivity contribution < 1.29 is 9.59 Å². The minimum atomic E-state index is -0.491. The monoisotopic (exact) mass is 584 g/mol. The Kier molecular flexibility index (Phi) is 9.89. The van der Waals surface area contributed by atoms with Crippen molar-refractivity contribution >= 4 is 69.7 Å². The molecule has 40 heavy (non-hydrogen) atoms. The van der Waals surface area contributed by atoms with Gasteiger partial charge < -0.3 is 31.9 Å². The quantitative estimate of drug-likeness (QED) is 0.259. The summed E-state index contributed by atoms with van der Waals surface area (Å²) in [6.07, 6.45) is 6.23. The van der Waals surface area contributed by atoms with E-state index in [-0.39, 0.29) is 33.3 Å². The number of carbonyl (C=O) groups is 2. The van der Waals surface area contributed by atoms with E-state index in [0.717, 1.165) is 0 Å². The van der Waals surface area contributed by atoms with E-state index in [2.05, 4.69) is 40.5 Å². The van der Waals surface area contributed by atoms with Crippen LogP contribution in [0.25, 0.3) is 0 Å². The Balaban J connectivity index is 0.000000220. The van der Waals surface area contributed by atoms with Crippen molar-refractivity contribution in [2.75, 3.05) is 60.1 Å². The molecule has 4 rings (SSSR count). The Morgan fingerprint density at radius 2 is 1.07 bits per heavy atom. The highest BCUT2D eigenvalue weighted by Crippen LogP contribution is 2.24. The van der Waals surface area contributed by atoms with E-state index >= 15 is 0 Å². The van der Waals surface area contributed by atoms with Gasteiger partial charge in [0.25, 0.3) is 11.8 Å². The van der Waals surface area contributed by atoms with Gasteiger partial charge in [-0.05, 0) is 24.3 Å². The number of nitrogens with one attached hydrogen (secondary N) is 2. The molecule has 0 aliphatic rings. The molecule has 0 saturated carbocycles. The Hall–Kier alpha value is -4.82. The van der Waals surface area contributed by atoms with Gasteiger partial charge in [-0.1, -0.05) is 23.2 Å². The summed E-state index contributed by atoms with van der Waals surface area (Å²) in [7, 11) is 7.02. The summed E-state index contributed by atoms with van der Waals surface area (Å²) in [5.41, 5.74) is 12.5. The molecule has 208 valence electrons. The number of anilines is 6. The van der Waals surface area contributed by atoms with Gasteiger partial charge in [0.05, 0.1) is 23.8 Å². The van der Waals surface area contributed by atoms with E-state index < -0.39 is 11.8 Å². The topological polar surface area (TPSA) is 194 Å². The third-order valence-corrected chi connectivity index (χ3v) is 5.35. The Morgan fingerprint density at radius 3 is 1.38 bits per heavy atom. The van der Waals surface area contributed by atoms with Crippen molar-refractivity contribution in [1.82, 2.24) is 29.9 Å². The zero-order valence-electron chi connectivity index (χ0n) is 21.9. The van der Waals surface area contributed by atoms with Crippen LogP contribution in [0.2, 0.25) is 10.3 Å². The molecule has 14 nitrogen and oxygen atoms in total. The van der Waals surface area contributed by atoms with Gasteiger partial charge in [0, 0.05) is 40.6 Å². The lowest BCUT2D eigenvalue weighted by Crippen LogP contribution is -2.20. The zero-order valence-corrected chi connectivity index (χ0v) is 23.4. The maximum absolute atomic E-state index is 12.1. The molecular formula is C24H26Cl2N12O2. The van der Waals surface area contributed by atoms with Crippen molar-refractivity contribution in [2.24, 2.45) is 0 Å². The standard InChI is InChI=1S/2C12H13ClN6O/c2*1-19(2)11-9(13)17-8(10(14)18-11)12(20)16-7-4-3-5-15-6-7/h2*3-6H,1-2H3,(H2,14,18)(H,16,20). The largest absolute Gasteiger partial charge is 0.382 e. The van der Waals surface area contributed by atoms with Crippen molar-refractivity contribution in [3.63, 3.8) is 0 Å². The summed E-state index contributed by atoms with van der Waals surface area (Å²) in [4.78, 5) is 51.4. The second-order valence-electron chi connectivity index (χ2n) is 8.32. The average Bonchev–Trinajstić information content (AvgIpc) is 2.92. The van der Waals surface area contributed by atoms with E-state index in [4.69, 9.17) is 34.7 Å². The second kappa shape index (κ2) is 13.3. The third-order valence-electron chi connectivity index (χ3n) is 4.84. The average molecular weight is 585 g/mol. The van der Waals surface area contributed by atoms with E-state index in [1.54, 1.807) is 74.6 Å². The normalized spacial score (nSPS) is 10.2. The predicted molar refractivity (Wildman–Crippen MR) is 156 cm³/mol. The molecule has 4 aromatic rings. The number of halogens is 2. The zero-order chi connectivity index (χ0) is 29.4. The highest BCUT2D eigenvalue weighted by molar-refractivity contribution is 6.32. The molecule has 16 heteroatoms. The van der Waals surface area contributed by atoms with Gasteiger partial charge >= 0.3 is 0 Å². The minimum absolute atomic E-state index is 0.0134. The summed E-state index contributed by atoms with van der Waals surface area (Å²) in [6, 6.07) is 6.80. The maximum Gasteiger partial charge on any atom is 0.278 e. The molecule has 0 radical (unpaired) electrons. The van der Waals surface area contributed by atoms with Gasteiger partial charge in [0.15, 0.2) is 45.0 Å².